The second kappa shape index (κ2) is 12.1. The number of aliphatic hydroxyl groups excluding tert-OH is 1. The highest BCUT2D eigenvalue weighted by Crippen LogP contribution is 2.46. The van der Waals surface area contributed by atoms with Crippen LogP contribution in [0.2, 0.25) is 0 Å². The fourth-order valence-electron chi connectivity index (χ4n) is 5.62. The summed E-state index contributed by atoms with van der Waals surface area (Å²) in [6.07, 6.45) is -0.0545. The zero-order valence-corrected chi connectivity index (χ0v) is 23.8. The van der Waals surface area contributed by atoms with Gasteiger partial charge in [-0.1, -0.05) is 54.6 Å². The molecule has 0 saturated carbocycles. The summed E-state index contributed by atoms with van der Waals surface area (Å²) in [7, 11) is 1.59. The van der Waals surface area contributed by atoms with E-state index in [-0.39, 0.29) is 25.5 Å². The maximum atomic E-state index is 14.8. The lowest BCUT2D eigenvalue weighted by Crippen LogP contribution is -2.51. The number of imide groups is 1. The maximum Gasteiger partial charge on any atom is 0.262 e. The summed E-state index contributed by atoms with van der Waals surface area (Å²) in [5.41, 5.74) is 2.15. The van der Waals surface area contributed by atoms with Gasteiger partial charge < -0.3 is 19.3 Å². The minimum absolute atomic E-state index is 0.0530. The Kier molecular flexibility index (Phi) is 7.94. The molecule has 43 heavy (non-hydrogen) atoms. The van der Waals surface area contributed by atoms with Crippen molar-refractivity contribution in [1.82, 2.24) is 4.90 Å². The fourth-order valence-corrected chi connectivity index (χ4v) is 5.62. The smallest absolute Gasteiger partial charge is 0.262 e. The van der Waals surface area contributed by atoms with Crippen LogP contribution < -0.4 is 9.47 Å². The number of nitrogens with zero attached hydrogens (tertiary/aromatic N) is 2. The molecule has 0 fully saturated rings. The van der Waals surface area contributed by atoms with Crippen LogP contribution in [0, 0.1) is 0 Å². The molecular formula is C35H32N2O6. The summed E-state index contributed by atoms with van der Waals surface area (Å²) < 4.78 is 17.8. The van der Waals surface area contributed by atoms with Crippen molar-refractivity contribution in [2.75, 3.05) is 20.3 Å². The summed E-state index contributed by atoms with van der Waals surface area (Å²) in [6.45, 7) is 0.574. The van der Waals surface area contributed by atoms with Crippen molar-refractivity contribution < 1.29 is 28.9 Å². The molecule has 0 radical (unpaired) electrons. The van der Waals surface area contributed by atoms with Gasteiger partial charge in [-0.05, 0) is 65.2 Å². The van der Waals surface area contributed by atoms with Crippen molar-refractivity contribution in [1.29, 1.82) is 0 Å². The molecule has 6 rings (SSSR count). The quantitative estimate of drug-likeness (QED) is 0.231. The van der Waals surface area contributed by atoms with E-state index in [1.165, 1.54) is 4.90 Å². The number of carbonyl (C=O) groups is 2. The Morgan fingerprint density at radius 2 is 1.70 bits per heavy atom. The molecular weight excluding hydrogens is 544 g/mol. The van der Waals surface area contributed by atoms with E-state index in [0.717, 1.165) is 11.1 Å². The van der Waals surface area contributed by atoms with Crippen molar-refractivity contribution in [3.05, 3.63) is 131 Å². The van der Waals surface area contributed by atoms with Gasteiger partial charge in [0.2, 0.25) is 5.90 Å². The van der Waals surface area contributed by atoms with Gasteiger partial charge in [0.1, 0.15) is 11.5 Å². The molecule has 2 atom stereocenters. The minimum Gasteiger partial charge on any atom is -0.497 e. The molecule has 0 saturated heterocycles. The van der Waals surface area contributed by atoms with E-state index in [9.17, 15) is 9.59 Å². The Morgan fingerprint density at radius 1 is 0.953 bits per heavy atom. The molecule has 0 aromatic heterocycles. The van der Waals surface area contributed by atoms with Crippen LogP contribution in [-0.4, -0.2) is 53.6 Å². The molecule has 2 aliphatic heterocycles. The molecule has 1 spiro atoms. The van der Waals surface area contributed by atoms with E-state index >= 15 is 0 Å². The highest BCUT2D eigenvalue weighted by atomic mass is 16.5. The first-order chi connectivity index (χ1) is 21.0. The summed E-state index contributed by atoms with van der Waals surface area (Å²) in [5, 5.41) is 9.05. The Bertz CT molecular complexity index is 1650. The van der Waals surface area contributed by atoms with Gasteiger partial charge in [0.25, 0.3) is 11.8 Å². The molecule has 0 bridgehead atoms. The van der Waals surface area contributed by atoms with Gasteiger partial charge in [0.15, 0.2) is 11.6 Å². The average Bonchev–Trinajstić information content (AvgIpc) is 3.39. The van der Waals surface area contributed by atoms with Crippen LogP contribution in [0.25, 0.3) is 0 Å². The summed E-state index contributed by atoms with van der Waals surface area (Å²) >= 11 is 0. The van der Waals surface area contributed by atoms with Gasteiger partial charge in [-0.25, -0.2) is 4.99 Å². The van der Waals surface area contributed by atoms with Crippen molar-refractivity contribution in [2.24, 2.45) is 4.99 Å². The lowest BCUT2D eigenvalue weighted by Gasteiger charge is -2.32. The zero-order valence-electron chi connectivity index (χ0n) is 23.8. The molecule has 2 aliphatic rings. The monoisotopic (exact) mass is 576 g/mol. The number of fused-ring (bicyclic) bond motifs is 1. The highest BCUT2D eigenvalue weighted by Gasteiger charge is 2.57. The standard InChI is InChI=1S/C35H32N2O6/c1-41-30-14-7-13-26(21-30)31-35(36-32(43-31)24-15-17-29(18-16-24)42-20-8-19-38)22-27-11-5-6-12-28(27)23-37(34(35)40)33(39)25-9-3-2-4-10-25/h2-7,9-18,21,31,38H,8,19-20,22-23H2,1H3/t31-,35-/m1/s1. The second-order valence-electron chi connectivity index (χ2n) is 10.6. The summed E-state index contributed by atoms with van der Waals surface area (Å²) in [6, 6.07) is 31.3. The second-order valence-corrected chi connectivity index (χ2v) is 10.6. The number of rotatable bonds is 8. The van der Waals surface area contributed by atoms with E-state index in [2.05, 4.69) is 0 Å². The molecule has 4 aromatic carbocycles. The van der Waals surface area contributed by atoms with Crippen LogP contribution in [0.4, 0.5) is 0 Å². The highest BCUT2D eigenvalue weighted by molar-refractivity contribution is 6.10. The third kappa shape index (κ3) is 5.49. The molecule has 218 valence electrons. The molecule has 0 unspecified atom stereocenters. The normalized spacial score (nSPS) is 19.3. The van der Waals surface area contributed by atoms with Crippen molar-refractivity contribution in [3.8, 4) is 11.5 Å². The summed E-state index contributed by atoms with van der Waals surface area (Å²) in [5.74, 6) is 0.750. The number of hydrogen-bond donors (Lipinski definition) is 1. The predicted octanol–water partition coefficient (Wildman–Crippen LogP) is 5.14. The van der Waals surface area contributed by atoms with Crippen LogP contribution in [0.3, 0.4) is 0 Å². The fraction of sp³-hybridized carbons (Fsp3) is 0.229. The molecule has 2 amide bonds. The van der Waals surface area contributed by atoms with Crippen LogP contribution in [-0.2, 0) is 22.5 Å². The van der Waals surface area contributed by atoms with Gasteiger partial charge in [0.05, 0.1) is 20.3 Å². The Morgan fingerprint density at radius 3 is 2.44 bits per heavy atom. The number of amides is 2. The first kappa shape index (κ1) is 28.2. The minimum atomic E-state index is -1.46. The van der Waals surface area contributed by atoms with E-state index in [4.69, 9.17) is 24.3 Å². The number of ether oxygens (including phenoxy) is 3. The van der Waals surface area contributed by atoms with Crippen molar-refractivity contribution in [3.63, 3.8) is 0 Å². The first-order valence-electron chi connectivity index (χ1n) is 14.2. The predicted molar refractivity (Wildman–Crippen MR) is 161 cm³/mol. The van der Waals surface area contributed by atoms with E-state index < -0.39 is 17.6 Å². The lowest BCUT2D eigenvalue weighted by molar-refractivity contribution is -0.137. The summed E-state index contributed by atoms with van der Waals surface area (Å²) in [4.78, 5) is 35.1. The Balaban J connectivity index is 1.48. The number of hydrogen-bond acceptors (Lipinski definition) is 7. The largest absolute Gasteiger partial charge is 0.497 e. The topological polar surface area (TPSA) is 97.7 Å². The average molecular weight is 577 g/mol. The number of benzene rings is 4. The third-order valence-electron chi connectivity index (χ3n) is 7.82. The molecule has 8 nitrogen and oxygen atoms in total. The van der Waals surface area contributed by atoms with Crippen molar-refractivity contribution in [2.45, 2.75) is 31.0 Å². The van der Waals surface area contributed by atoms with Gasteiger partial charge >= 0.3 is 0 Å². The van der Waals surface area contributed by atoms with Gasteiger partial charge in [-0.3, -0.25) is 14.5 Å². The van der Waals surface area contributed by atoms with E-state index in [1.54, 1.807) is 43.5 Å². The van der Waals surface area contributed by atoms with Crippen LogP contribution in [0.15, 0.2) is 108 Å². The molecule has 8 heteroatoms. The number of carbonyl (C=O) groups excluding carboxylic acids is 2. The van der Waals surface area contributed by atoms with Crippen LogP contribution in [0.5, 0.6) is 11.5 Å². The lowest BCUT2D eigenvalue weighted by atomic mass is 9.81. The van der Waals surface area contributed by atoms with Gasteiger partial charge in [0, 0.05) is 30.6 Å². The van der Waals surface area contributed by atoms with E-state index in [0.29, 0.717) is 47.1 Å². The molecule has 4 aromatic rings. The molecule has 2 heterocycles. The Hall–Kier alpha value is -4.95. The molecule has 1 N–H and O–H groups in total. The molecule has 0 aliphatic carbocycles. The van der Waals surface area contributed by atoms with E-state index in [1.807, 2.05) is 66.7 Å². The number of aliphatic imine (C=N–C) groups is 1. The van der Waals surface area contributed by atoms with Gasteiger partial charge in [-0.15, -0.1) is 0 Å². The SMILES string of the molecule is COc1cccc([C@H]2OC(c3ccc(OCCCO)cc3)=N[C@]23Cc2ccccc2CN(C(=O)c2ccccc2)C3=O)c1. The number of methoxy groups -OCH3 is 1. The van der Waals surface area contributed by atoms with Crippen LogP contribution >= 0.6 is 0 Å². The van der Waals surface area contributed by atoms with Crippen molar-refractivity contribution >= 4 is 17.7 Å². The third-order valence-corrected chi connectivity index (χ3v) is 7.82. The Labute approximate surface area is 250 Å². The van der Waals surface area contributed by atoms with Gasteiger partial charge in [-0.2, -0.15) is 0 Å². The number of aliphatic hydroxyl groups is 1. The van der Waals surface area contributed by atoms with Crippen LogP contribution in [0.1, 0.15) is 45.1 Å². The first-order valence-corrected chi connectivity index (χ1v) is 14.2. The maximum absolute atomic E-state index is 14.8. The zero-order chi connectivity index (χ0) is 29.8.